The maximum absolute atomic E-state index is 12.2. The number of aromatic nitrogens is 2. The van der Waals surface area contributed by atoms with Gasteiger partial charge in [0.25, 0.3) is 0 Å². The summed E-state index contributed by atoms with van der Waals surface area (Å²) in [6.45, 7) is 2.47. The number of sulfonamides is 1. The average molecular weight is 329 g/mol. The largest absolute Gasteiger partial charge is 0.477 e. The molecular formula is C12H15N3O4S2. The summed E-state index contributed by atoms with van der Waals surface area (Å²) in [5.41, 5.74) is 1.58. The standard InChI is InChI=1S/C12H15N3O4S2/c1-2-3-15-7-10(4-11(15)12(16)17)21(18,19)14-6-9-5-13-8-20-9/h4-5,7-8,14H,2-3,6H2,1H3,(H,16,17). The molecule has 2 heterocycles. The van der Waals surface area contributed by atoms with Gasteiger partial charge in [0.05, 0.1) is 5.51 Å². The number of hydrogen-bond acceptors (Lipinski definition) is 5. The third-order valence-electron chi connectivity index (χ3n) is 2.79. The highest BCUT2D eigenvalue weighted by Crippen LogP contribution is 2.16. The van der Waals surface area contributed by atoms with Crippen molar-refractivity contribution in [1.29, 1.82) is 0 Å². The maximum atomic E-state index is 12.2. The van der Waals surface area contributed by atoms with Crippen LogP contribution in [0.5, 0.6) is 0 Å². The van der Waals surface area contributed by atoms with Gasteiger partial charge in [-0.2, -0.15) is 0 Å². The number of carboxylic acids is 1. The van der Waals surface area contributed by atoms with Crippen LogP contribution in [-0.4, -0.2) is 29.0 Å². The molecule has 0 aliphatic heterocycles. The third-order valence-corrected chi connectivity index (χ3v) is 4.93. The second-order valence-electron chi connectivity index (χ2n) is 4.35. The lowest BCUT2D eigenvalue weighted by molar-refractivity contribution is 0.0685. The van der Waals surface area contributed by atoms with Crippen molar-refractivity contribution < 1.29 is 18.3 Å². The van der Waals surface area contributed by atoms with E-state index in [1.165, 1.54) is 28.2 Å². The fourth-order valence-corrected chi connectivity index (χ4v) is 3.49. The van der Waals surface area contributed by atoms with Gasteiger partial charge < -0.3 is 9.67 Å². The third kappa shape index (κ3) is 3.69. The lowest BCUT2D eigenvalue weighted by atomic mass is 10.4. The minimum absolute atomic E-state index is 0.0324. The van der Waals surface area contributed by atoms with E-state index in [9.17, 15) is 13.2 Å². The van der Waals surface area contributed by atoms with Gasteiger partial charge in [-0.3, -0.25) is 4.98 Å². The molecule has 21 heavy (non-hydrogen) atoms. The molecule has 0 amide bonds. The Hall–Kier alpha value is -1.71. The van der Waals surface area contributed by atoms with Crippen molar-refractivity contribution in [3.05, 3.63) is 34.5 Å². The first kappa shape index (κ1) is 15.7. The smallest absolute Gasteiger partial charge is 0.352 e. The first-order valence-electron chi connectivity index (χ1n) is 6.24. The minimum Gasteiger partial charge on any atom is -0.477 e. The van der Waals surface area contributed by atoms with Gasteiger partial charge in [-0.15, -0.1) is 11.3 Å². The number of carboxylic acid groups (broad SMARTS) is 1. The summed E-state index contributed by atoms with van der Waals surface area (Å²) >= 11 is 1.34. The summed E-state index contributed by atoms with van der Waals surface area (Å²) in [5.74, 6) is -1.15. The van der Waals surface area contributed by atoms with Crippen molar-refractivity contribution in [2.45, 2.75) is 31.3 Å². The van der Waals surface area contributed by atoms with E-state index >= 15 is 0 Å². The molecule has 0 aliphatic carbocycles. The zero-order valence-corrected chi connectivity index (χ0v) is 12.9. The predicted octanol–water partition coefficient (Wildman–Crippen LogP) is 1.53. The zero-order chi connectivity index (χ0) is 15.5. The summed E-state index contributed by atoms with van der Waals surface area (Å²) in [4.78, 5) is 15.7. The van der Waals surface area contributed by atoms with Gasteiger partial charge in [-0.05, 0) is 12.5 Å². The number of aromatic carboxylic acids is 1. The van der Waals surface area contributed by atoms with E-state index in [4.69, 9.17) is 5.11 Å². The fraction of sp³-hybridized carbons (Fsp3) is 0.333. The second kappa shape index (κ2) is 6.37. The van der Waals surface area contributed by atoms with Crippen molar-refractivity contribution in [3.63, 3.8) is 0 Å². The quantitative estimate of drug-likeness (QED) is 0.802. The van der Waals surface area contributed by atoms with Gasteiger partial charge in [-0.1, -0.05) is 6.92 Å². The molecule has 0 aliphatic rings. The van der Waals surface area contributed by atoms with Crippen LogP contribution >= 0.6 is 11.3 Å². The molecule has 2 aromatic rings. The summed E-state index contributed by atoms with van der Waals surface area (Å²) in [6.07, 6.45) is 3.64. The predicted molar refractivity (Wildman–Crippen MR) is 77.8 cm³/mol. The Morgan fingerprint density at radius 1 is 1.52 bits per heavy atom. The topological polar surface area (TPSA) is 101 Å². The van der Waals surface area contributed by atoms with Crippen molar-refractivity contribution in [2.75, 3.05) is 0 Å². The highest BCUT2D eigenvalue weighted by molar-refractivity contribution is 7.89. The lowest BCUT2D eigenvalue weighted by Gasteiger charge is -2.03. The van der Waals surface area contributed by atoms with Gasteiger partial charge in [0.15, 0.2) is 0 Å². The molecule has 114 valence electrons. The van der Waals surface area contributed by atoms with Crippen LogP contribution in [0, 0.1) is 0 Å². The van der Waals surface area contributed by atoms with E-state index in [0.717, 1.165) is 4.88 Å². The summed E-state index contributed by atoms with van der Waals surface area (Å²) < 4.78 is 28.2. The Morgan fingerprint density at radius 2 is 2.29 bits per heavy atom. The number of thiazole rings is 1. The Labute approximate surface area is 126 Å². The number of nitrogens with zero attached hydrogens (tertiary/aromatic N) is 2. The number of rotatable bonds is 7. The highest BCUT2D eigenvalue weighted by Gasteiger charge is 2.21. The second-order valence-corrected chi connectivity index (χ2v) is 7.09. The van der Waals surface area contributed by atoms with Gasteiger partial charge in [0.2, 0.25) is 10.0 Å². The Balaban J connectivity index is 2.23. The first-order chi connectivity index (χ1) is 9.94. The van der Waals surface area contributed by atoms with Crippen LogP contribution in [0.1, 0.15) is 28.7 Å². The molecule has 0 saturated carbocycles. The van der Waals surface area contributed by atoms with Crippen molar-refractivity contribution in [2.24, 2.45) is 0 Å². The Kier molecular flexibility index (Phi) is 4.76. The van der Waals surface area contributed by atoms with E-state index in [1.54, 1.807) is 11.7 Å². The molecule has 2 aromatic heterocycles. The van der Waals surface area contributed by atoms with Crippen LogP contribution in [0.3, 0.4) is 0 Å². The maximum Gasteiger partial charge on any atom is 0.352 e. The number of nitrogens with one attached hydrogen (secondary N) is 1. The molecule has 0 fully saturated rings. The normalized spacial score (nSPS) is 11.7. The van der Waals surface area contributed by atoms with E-state index in [1.807, 2.05) is 6.92 Å². The lowest BCUT2D eigenvalue weighted by Crippen LogP contribution is -2.22. The van der Waals surface area contributed by atoms with Crippen LogP contribution in [0.4, 0.5) is 0 Å². The van der Waals surface area contributed by atoms with Gasteiger partial charge in [0.1, 0.15) is 10.6 Å². The van der Waals surface area contributed by atoms with E-state index in [0.29, 0.717) is 13.0 Å². The SMILES string of the molecule is CCCn1cc(S(=O)(=O)NCc2cncs2)cc1C(=O)O. The molecule has 0 spiro atoms. The fourth-order valence-electron chi connectivity index (χ4n) is 1.81. The van der Waals surface area contributed by atoms with Crippen LogP contribution < -0.4 is 4.72 Å². The summed E-state index contributed by atoms with van der Waals surface area (Å²) in [6, 6.07) is 1.17. The zero-order valence-electron chi connectivity index (χ0n) is 11.3. The molecule has 0 aromatic carbocycles. The minimum atomic E-state index is -3.75. The molecular weight excluding hydrogens is 314 g/mol. The molecule has 0 radical (unpaired) electrons. The van der Waals surface area contributed by atoms with Crippen LogP contribution in [0.25, 0.3) is 0 Å². The summed E-state index contributed by atoms with van der Waals surface area (Å²) in [7, 11) is -3.75. The van der Waals surface area contributed by atoms with Crippen molar-refractivity contribution in [3.8, 4) is 0 Å². The van der Waals surface area contributed by atoms with E-state index < -0.39 is 16.0 Å². The Bertz CT molecular complexity index is 720. The molecule has 0 atom stereocenters. The van der Waals surface area contributed by atoms with Crippen LogP contribution in [-0.2, 0) is 23.1 Å². The van der Waals surface area contributed by atoms with E-state index in [2.05, 4.69) is 9.71 Å². The molecule has 0 saturated heterocycles. The molecule has 0 bridgehead atoms. The average Bonchev–Trinajstić information content (AvgIpc) is 3.06. The molecule has 9 heteroatoms. The number of aryl methyl sites for hydroxylation is 1. The van der Waals surface area contributed by atoms with Gasteiger partial charge >= 0.3 is 5.97 Å². The first-order valence-corrected chi connectivity index (χ1v) is 8.61. The van der Waals surface area contributed by atoms with Gasteiger partial charge in [-0.25, -0.2) is 17.9 Å². The molecule has 0 unspecified atom stereocenters. The van der Waals surface area contributed by atoms with E-state index in [-0.39, 0.29) is 17.1 Å². The van der Waals surface area contributed by atoms with Crippen LogP contribution in [0.2, 0.25) is 0 Å². The van der Waals surface area contributed by atoms with Crippen LogP contribution in [0.15, 0.2) is 28.9 Å². The van der Waals surface area contributed by atoms with Crippen molar-refractivity contribution in [1.82, 2.24) is 14.3 Å². The van der Waals surface area contributed by atoms with Gasteiger partial charge in [0, 0.05) is 30.4 Å². The monoisotopic (exact) mass is 329 g/mol. The summed E-state index contributed by atoms with van der Waals surface area (Å²) in [5, 5.41) is 9.11. The number of carbonyl (C=O) groups is 1. The highest BCUT2D eigenvalue weighted by atomic mass is 32.2. The number of hydrogen-bond donors (Lipinski definition) is 2. The Morgan fingerprint density at radius 3 is 2.86 bits per heavy atom. The molecule has 7 nitrogen and oxygen atoms in total. The van der Waals surface area contributed by atoms with Crippen molar-refractivity contribution >= 4 is 27.3 Å². The molecule has 2 N–H and O–H groups in total. The molecule has 2 rings (SSSR count).